The number of carbonyl (C=O) groups excluding carboxylic acids is 2. The van der Waals surface area contributed by atoms with Crippen molar-refractivity contribution in [2.24, 2.45) is 0 Å². The van der Waals surface area contributed by atoms with Crippen LogP contribution < -0.4 is 10.6 Å². The second kappa shape index (κ2) is 6.64. The van der Waals surface area contributed by atoms with Crippen molar-refractivity contribution in [1.82, 2.24) is 0 Å². The first kappa shape index (κ1) is 19.4. The van der Waals surface area contributed by atoms with Gasteiger partial charge in [0.05, 0.1) is 32.3 Å². The molecule has 0 bridgehead atoms. The van der Waals surface area contributed by atoms with E-state index in [1.54, 1.807) is 12.1 Å². The minimum atomic E-state index is -0.421. The monoisotopic (exact) mass is 413 g/mol. The Balaban J connectivity index is 2.07. The number of fused-ring (bicyclic) bond motifs is 1. The van der Waals surface area contributed by atoms with Crippen LogP contribution in [0.25, 0.3) is 0 Å². The van der Waals surface area contributed by atoms with Gasteiger partial charge in [-0.3, -0.25) is 4.79 Å². The van der Waals surface area contributed by atoms with Crippen molar-refractivity contribution in [2.45, 2.75) is 45.2 Å². The number of thiophene rings is 2. The summed E-state index contributed by atoms with van der Waals surface area (Å²) in [5, 5.41) is 5.74. The number of halogens is 1. The predicted molar refractivity (Wildman–Crippen MR) is 106 cm³/mol. The molecule has 0 atom stereocenters. The van der Waals surface area contributed by atoms with Crippen LogP contribution in [0.5, 0.6) is 0 Å². The number of quaternary nitrogens is 1. The van der Waals surface area contributed by atoms with Gasteiger partial charge in [-0.05, 0) is 45.4 Å². The van der Waals surface area contributed by atoms with Crippen molar-refractivity contribution in [1.29, 1.82) is 0 Å². The molecule has 8 heteroatoms. The first-order valence-corrected chi connectivity index (χ1v) is 10.2. The van der Waals surface area contributed by atoms with Gasteiger partial charge in [-0.25, -0.2) is 4.79 Å². The molecule has 1 aliphatic rings. The summed E-state index contributed by atoms with van der Waals surface area (Å²) in [6.07, 6.45) is 0.730. The van der Waals surface area contributed by atoms with Gasteiger partial charge < -0.3 is 15.4 Å². The standard InChI is InChI=1S/C18H21ClN2O3S2/c1-17(2)8-9-12(16(23)24-5)15(26-13(9)18(3,4)21-17)20-14(22)10-6-7-11(19)25-10/h6-7,21H,8H2,1-5H3,(H,20,22)/p+1. The number of nitrogens with one attached hydrogen (secondary N) is 1. The fourth-order valence-electron chi connectivity index (χ4n) is 3.71. The first-order valence-electron chi connectivity index (χ1n) is 8.22. The van der Waals surface area contributed by atoms with Crippen LogP contribution in [0, 0.1) is 0 Å². The van der Waals surface area contributed by atoms with Crippen LogP contribution in [0.1, 0.15) is 58.2 Å². The third-order valence-corrected chi connectivity index (χ3v) is 7.11. The van der Waals surface area contributed by atoms with Crippen LogP contribution >= 0.6 is 34.3 Å². The normalized spacial score (nSPS) is 17.5. The van der Waals surface area contributed by atoms with Crippen molar-refractivity contribution in [3.63, 3.8) is 0 Å². The Bertz CT molecular complexity index is 883. The molecule has 2 aromatic heterocycles. The molecule has 26 heavy (non-hydrogen) atoms. The summed E-state index contributed by atoms with van der Waals surface area (Å²) in [5.74, 6) is -0.692. The predicted octanol–water partition coefficient (Wildman–Crippen LogP) is 3.64. The third-order valence-electron chi connectivity index (χ3n) is 4.39. The van der Waals surface area contributed by atoms with Gasteiger partial charge in [0.2, 0.25) is 0 Å². The number of carbonyl (C=O) groups is 2. The lowest BCUT2D eigenvalue weighted by atomic mass is 9.81. The number of nitrogens with two attached hydrogens (primary N) is 1. The summed E-state index contributed by atoms with van der Waals surface area (Å²) in [7, 11) is 1.36. The molecular formula is C18H22ClN2O3S2+. The molecule has 3 rings (SSSR count). The summed E-state index contributed by atoms with van der Waals surface area (Å²) < 4.78 is 5.56. The number of ether oxygens (including phenoxy) is 1. The molecule has 1 aliphatic heterocycles. The number of esters is 1. The van der Waals surface area contributed by atoms with Crippen molar-refractivity contribution >= 4 is 51.2 Å². The lowest BCUT2D eigenvalue weighted by Crippen LogP contribution is -3.03. The second-order valence-electron chi connectivity index (χ2n) is 7.69. The Morgan fingerprint density at radius 3 is 2.50 bits per heavy atom. The fourth-order valence-corrected chi connectivity index (χ4v) is 5.92. The number of amides is 1. The van der Waals surface area contributed by atoms with Crippen molar-refractivity contribution in [3.05, 3.63) is 37.4 Å². The van der Waals surface area contributed by atoms with Crippen LogP contribution in [0.15, 0.2) is 12.1 Å². The number of hydrogen-bond donors (Lipinski definition) is 2. The smallest absolute Gasteiger partial charge is 0.341 e. The zero-order valence-electron chi connectivity index (χ0n) is 15.4. The molecule has 0 saturated carbocycles. The van der Waals surface area contributed by atoms with E-state index in [-0.39, 0.29) is 17.0 Å². The minimum absolute atomic E-state index is 0.0527. The molecule has 0 fully saturated rings. The first-order chi connectivity index (χ1) is 12.0. The van der Waals surface area contributed by atoms with Crippen LogP contribution in [-0.2, 0) is 16.7 Å². The van der Waals surface area contributed by atoms with Gasteiger partial charge in [-0.2, -0.15) is 0 Å². The molecular weight excluding hydrogens is 392 g/mol. The van der Waals surface area contributed by atoms with Crippen molar-refractivity contribution < 1.29 is 19.6 Å². The molecule has 0 saturated heterocycles. The van der Waals surface area contributed by atoms with Crippen LogP contribution in [0.3, 0.4) is 0 Å². The molecule has 3 heterocycles. The molecule has 0 spiro atoms. The van der Waals surface area contributed by atoms with E-state index >= 15 is 0 Å². The number of rotatable bonds is 3. The maximum atomic E-state index is 12.6. The molecule has 0 unspecified atom stereocenters. The summed E-state index contributed by atoms with van der Waals surface area (Å²) in [4.78, 5) is 26.7. The lowest BCUT2D eigenvalue weighted by molar-refractivity contribution is -0.789. The summed E-state index contributed by atoms with van der Waals surface area (Å²) in [6, 6.07) is 3.36. The zero-order chi connectivity index (χ0) is 19.3. The molecule has 0 aromatic carbocycles. The Morgan fingerprint density at radius 2 is 1.92 bits per heavy atom. The van der Waals surface area contributed by atoms with Crippen LogP contribution in [0.4, 0.5) is 5.00 Å². The summed E-state index contributed by atoms with van der Waals surface area (Å²) in [6.45, 7) is 8.58. The molecule has 140 valence electrons. The fraction of sp³-hybridized carbons (Fsp3) is 0.444. The Labute approximate surface area is 165 Å². The van der Waals surface area contributed by atoms with Crippen LogP contribution in [-0.4, -0.2) is 24.5 Å². The number of hydrogen-bond acceptors (Lipinski definition) is 5. The summed E-state index contributed by atoms with van der Waals surface area (Å²) >= 11 is 8.58. The number of anilines is 1. The molecule has 3 N–H and O–H groups in total. The highest BCUT2D eigenvalue weighted by Gasteiger charge is 2.45. The van der Waals surface area contributed by atoms with E-state index in [1.807, 2.05) is 0 Å². The second-order valence-corrected chi connectivity index (χ2v) is 10.4. The van der Waals surface area contributed by atoms with E-state index < -0.39 is 5.97 Å². The molecule has 1 amide bonds. The minimum Gasteiger partial charge on any atom is -0.465 e. The molecule has 0 radical (unpaired) electrons. The van der Waals surface area contributed by atoms with E-state index in [0.29, 0.717) is 19.8 Å². The largest absolute Gasteiger partial charge is 0.465 e. The zero-order valence-corrected chi connectivity index (χ0v) is 17.7. The SMILES string of the molecule is COC(=O)c1c(NC(=O)c2ccc(Cl)s2)sc2c1CC(C)(C)[NH2+]C2(C)C. The van der Waals surface area contributed by atoms with Gasteiger partial charge in [0.1, 0.15) is 10.5 Å². The average molecular weight is 414 g/mol. The van der Waals surface area contributed by atoms with Crippen molar-refractivity contribution in [3.8, 4) is 0 Å². The van der Waals surface area contributed by atoms with Gasteiger partial charge in [0, 0.05) is 6.42 Å². The van der Waals surface area contributed by atoms with E-state index in [0.717, 1.165) is 16.9 Å². The highest BCUT2D eigenvalue weighted by Crippen LogP contribution is 2.42. The van der Waals surface area contributed by atoms with Gasteiger partial charge >= 0.3 is 5.97 Å². The van der Waals surface area contributed by atoms with E-state index in [1.165, 1.54) is 29.8 Å². The summed E-state index contributed by atoms with van der Waals surface area (Å²) in [5.41, 5.74) is 1.19. The van der Waals surface area contributed by atoms with Gasteiger partial charge in [-0.15, -0.1) is 22.7 Å². The van der Waals surface area contributed by atoms with Crippen molar-refractivity contribution in [2.75, 3.05) is 12.4 Å². The molecule has 5 nitrogen and oxygen atoms in total. The highest BCUT2D eigenvalue weighted by atomic mass is 35.5. The lowest BCUT2D eigenvalue weighted by Gasteiger charge is -2.38. The molecule has 2 aromatic rings. The van der Waals surface area contributed by atoms with Gasteiger partial charge in [0.25, 0.3) is 5.91 Å². The van der Waals surface area contributed by atoms with Gasteiger partial charge in [-0.1, -0.05) is 11.6 Å². The topological polar surface area (TPSA) is 72.0 Å². The Kier molecular flexibility index (Phi) is 4.94. The van der Waals surface area contributed by atoms with E-state index in [9.17, 15) is 9.59 Å². The Morgan fingerprint density at radius 1 is 1.23 bits per heavy atom. The average Bonchev–Trinajstić information content (AvgIpc) is 3.09. The Hall–Kier alpha value is -1.41. The maximum absolute atomic E-state index is 12.6. The highest BCUT2D eigenvalue weighted by molar-refractivity contribution is 7.19. The van der Waals surface area contributed by atoms with E-state index in [2.05, 4.69) is 38.3 Å². The van der Waals surface area contributed by atoms with Crippen LogP contribution in [0.2, 0.25) is 4.34 Å². The maximum Gasteiger partial charge on any atom is 0.341 e. The third kappa shape index (κ3) is 3.53. The molecule has 0 aliphatic carbocycles. The van der Waals surface area contributed by atoms with Gasteiger partial charge in [0.15, 0.2) is 0 Å². The number of methoxy groups -OCH3 is 1. The van der Waals surface area contributed by atoms with E-state index in [4.69, 9.17) is 16.3 Å². The quantitative estimate of drug-likeness (QED) is 0.754.